The van der Waals surface area contributed by atoms with E-state index in [1.165, 1.54) is 11.1 Å². The zero-order valence-corrected chi connectivity index (χ0v) is 8.49. The van der Waals surface area contributed by atoms with E-state index in [0.717, 1.165) is 5.56 Å². The van der Waals surface area contributed by atoms with E-state index in [4.69, 9.17) is 20.8 Å². The molecule has 1 aliphatic rings. The van der Waals surface area contributed by atoms with Crippen molar-refractivity contribution in [3.63, 3.8) is 0 Å². The fourth-order valence-electron chi connectivity index (χ4n) is 1.63. The van der Waals surface area contributed by atoms with Crippen LogP contribution in [-0.2, 0) is 18.0 Å². The van der Waals surface area contributed by atoms with E-state index in [2.05, 4.69) is 10.2 Å². The second kappa shape index (κ2) is 3.32. The number of rotatable bonds is 1. The van der Waals surface area contributed by atoms with Crippen LogP contribution in [0.25, 0.3) is 11.5 Å². The van der Waals surface area contributed by atoms with Crippen LogP contribution >= 0.6 is 11.6 Å². The van der Waals surface area contributed by atoms with Crippen LogP contribution in [0.3, 0.4) is 0 Å². The normalized spacial score (nSPS) is 14.2. The summed E-state index contributed by atoms with van der Waals surface area (Å²) in [5.74, 6) is 0.440. The average molecular weight is 223 g/mol. The third-order valence-corrected chi connectivity index (χ3v) is 2.52. The Labute approximate surface area is 90.8 Å². The summed E-state index contributed by atoms with van der Waals surface area (Å²) in [6.07, 6.45) is 0. The van der Waals surface area contributed by atoms with Crippen LogP contribution in [0, 0.1) is 0 Å². The molecule has 2 heterocycles. The molecule has 0 spiro atoms. The lowest BCUT2D eigenvalue weighted by molar-refractivity contribution is 0.134. The van der Waals surface area contributed by atoms with Gasteiger partial charge in [-0.15, -0.1) is 5.10 Å². The average Bonchev–Trinajstić information content (AvgIpc) is 2.84. The molecule has 3 rings (SSSR count). The van der Waals surface area contributed by atoms with Gasteiger partial charge < -0.3 is 9.15 Å². The topological polar surface area (TPSA) is 48.2 Å². The highest BCUT2D eigenvalue weighted by Gasteiger charge is 2.14. The van der Waals surface area contributed by atoms with Crippen LogP contribution in [0.1, 0.15) is 11.1 Å². The van der Waals surface area contributed by atoms with Gasteiger partial charge in [0.05, 0.1) is 13.2 Å². The summed E-state index contributed by atoms with van der Waals surface area (Å²) in [6, 6.07) is 5.93. The summed E-state index contributed by atoms with van der Waals surface area (Å²) in [6.45, 7) is 1.32. The van der Waals surface area contributed by atoms with E-state index in [-0.39, 0.29) is 5.35 Å². The molecule has 0 bridgehead atoms. The SMILES string of the molecule is Clc1nnc(-c2ccc3c(c2)COC3)o1. The van der Waals surface area contributed by atoms with Gasteiger partial charge in [-0.3, -0.25) is 0 Å². The third-order valence-electron chi connectivity index (χ3n) is 2.37. The first-order valence-corrected chi connectivity index (χ1v) is 4.89. The van der Waals surface area contributed by atoms with Crippen LogP contribution in [0.4, 0.5) is 0 Å². The van der Waals surface area contributed by atoms with E-state index >= 15 is 0 Å². The van der Waals surface area contributed by atoms with Crippen molar-refractivity contribution in [1.29, 1.82) is 0 Å². The van der Waals surface area contributed by atoms with E-state index < -0.39 is 0 Å². The monoisotopic (exact) mass is 222 g/mol. The number of nitrogens with zero attached hydrogens (tertiary/aromatic N) is 2. The highest BCUT2D eigenvalue weighted by atomic mass is 35.5. The molecule has 0 fully saturated rings. The lowest BCUT2D eigenvalue weighted by atomic mass is 10.1. The summed E-state index contributed by atoms with van der Waals surface area (Å²) < 4.78 is 10.4. The Balaban J connectivity index is 2.06. The van der Waals surface area contributed by atoms with Crippen molar-refractivity contribution in [3.05, 3.63) is 34.7 Å². The Morgan fingerprint density at radius 2 is 2.00 bits per heavy atom. The van der Waals surface area contributed by atoms with Gasteiger partial charge in [0, 0.05) is 5.56 Å². The minimum atomic E-state index is 0.0572. The lowest BCUT2D eigenvalue weighted by Gasteiger charge is -1.98. The number of ether oxygens (including phenoxy) is 1. The first-order chi connectivity index (χ1) is 7.33. The van der Waals surface area contributed by atoms with Crippen molar-refractivity contribution in [2.45, 2.75) is 13.2 Å². The van der Waals surface area contributed by atoms with Gasteiger partial charge in [-0.1, -0.05) is 11.2 Å². The maximum atomic E-state index is 5.56. The van der Waals surface area contributed by atoms with Gasteiger partial charge in [-0.2, -0.15) is 0 Å². The molecule has 0 N–H and O–H groups in total. The summed E-state index contributed by atoms with van der Waals surface area (Å²) in [5, 5.41) is 7.48. The summed E-state index contributed by atoms with van der Waals surface area (Å²) in [7, 11) is 0. The molecule has 5 heteroatoms. The third kappa shape index (κ3) is 1.52. The minimum absolute atomic E-state index is 0.0572. The second-order valence-corrected chi connectivity index (χ2v) is 3.66. The lowest BCUT2D eigenvalue weighted by Crippen LogP contribution is -1.84. The number of hydrogen-bond acceptors (Lipinski definition) is 4. The van der Waals surface area contributed by atoms with E-state index in [1.54, 1.807) is 0 Å². The van der Waals surface area contributed by atoms with Crippen LogP contribution in [0.5, 0.6) is 0 Å². The molecule has 0 atom stereocenters. The minimum Gasteiger partial charge on any atom is -0.407 e. The molecule has 4 nitrogen and oxygen atoms in total. The molecule has 0 saturated heterocycles. The number of aromatic nitrogens is 2. The number of benzene rings is 1. The highest BCUT2D eigenvalue weighted by molar-refractivity contribution is 6.27. The zero-order valence-electron chi connectivity index (χ0n) is 7.74. The molecule has 1 aromatic heterocycles. The molecule has 1 aliphatic heterocycles. The molecule has 2 aromatic rings. The fourth-order valence-corrected chi connectivity index (χ4v) is 1.74. The van der Waals surface area contributed by atoms with Crippen molar-refractivity contribution in [1.82, 2.24) is 10.2 Å². The largest absolute Gasteiger partial charge is 0.407 e. The Bertz CT molecular complexity index is 510. The van der Waals surface area contributed by atoms with Crippen molar-refractivity contribution >= 4 is 11.6 Å². The summed E-state index contributed by atoms with van der Waals surface area (Å²) in [4.78, 5) is 0. The Hall–Kier alpha value is -1.39. The molecule has 0 aliphatic carbocycles. The highest BCUT2D eigenvalue weighted by Crippen LogP contribution is 2.26. The number of fused-ring (bicyclic) bond motifs is 1. The zero-order chi connectivity index (χ0) is 10.3. The first kappa shape index (κ1) is 8.88. The van der Waals surface area contributed by atoms with E-state index in [9.17, 15) is 0 Å². The van der Waals surface area contributed by atoms with Crippen LogP contribution < -0.4 is 0 Å². The van der Waals surface area contributed by atoms with Crippen LogP contribution in [-0.4, -0.2) is 10.2 Å². The molecule has 0 amide bonds. The van der Waals surface area contributed by atoms with Gasteiger partial charge in [0.2, 0.25) is 5.89 Å². The molecule has 0 radical (unpaired) electrons. The van der Waals surface area contributed by atoms with Crippen LogP contribution in [0.2, 0.25) is 5.35 Å². The fraction of sp³-hybridized carbons (Fsp3) is 0.200. The van der Waals surface area contributed by atoms with Crippen LogP contribution in [0.15, 0.2) is 22.6 Å². The molecule has 1 aromatic carbocycles. The maximum absolute atomic E-state index is 5.56. The Kier molecular flexibility index (Phi) is 1.97. The van der Waals surface area contributed by atoms with Gasteiger partial charge in [-0.05, 0) is 34.9 Å². The van der Waals surface area contributed by atoms with E-state index in [0.29, 0.717) is 19.1 Å². The quantitative estimate of drug-likeness (QED) is 0.744. The van der Waals surface area contributed by atoms with E-state index in [1.807, 2.05) is 18.2 Å². The smallest absolute Gasteiger partial charge is 0.313 e. The van der Waals surface area contributed by atoms with Crippen molar-refractivity contribution in [2.24, 2.45) is 0 Å². The molecular formula is C10H7ClN2O2. The number of hydrogen-bond donors (Lipinski definition) is 0. The molecular weight excluding hydrogens is 216 g/mol. The predicted molar refractivity (Wildman–Crippen MR) is 53.2 cm³/mol. The van der Waals surface area contributed by atoms with Gasteiger partial charge in [0.1, 0.15) is 0 Å². The summed E-state index contributed by atoms with van der Waals surface area (Å²) in [5.41, 5.74) is 3.25. The van der Waals surface area contributed by atoms with Gasteiger partial charge >= 0.3 is 5.35 Å². The summed E-state index contributed by atoms with van der Waals surface area (Å²) >= 11 is 5.56. The molecule has 0 saturated carbocycles. The standard InChI is InChI=1S/C10H7ClN2O2/c11-10-13-12-9(15-10)6-1-2-7-4-14-5-8(7)3-6/h1-3H,4-5H2. The first-order valence-electron chi connectivity index (χ1n) is 4.52. The van der Waals surface area contributed by atoms with Gasteiger partial charge in [0.15, 0.2) is 0 Å². The van der Waals surface area contributed by atoms with Gasteiger partial charge in [0.25, 0.3) is 0 Å². The number of halogens is 1. The van der Waals surface area contributed by atoms with Crippen molar-refractivity contribution < 1.29 is 9.15 Å². The second-order valence-electron chi connectivity index (χ2n) is 3.34. The molecule has 0 unspecified atom stereocenters. The van der Waals surface area contributed by atoms with Crippen molar-refractivity contribution in [2.75, 3.05) is 0 Å². The molecule has 76 valence electrons. The molecule has 15 heavy (non-hydrogen) atoms. The maximum Gasteiger partial charge on any atom is 0.313 e. The van der Waals surface area contributed by atoms with Crippen molar-refractivity contribution in [3.8, 4) is 11.5 Å². The predicted octanol–water partition coefficient (Wildman–Crippen LogP) is 2.42. The van der Waals surface area contributed by atoms with Gasteiger partial charge in [-0.25, -0.2) is 0 Å². The Morgan fingerprint density at radius 1 is 1.13 bits per heavy atom. The Morgan fingerprint density at radius 3 is 2.80 bits per heavy atom.